The van der Waals surface area contributed by atoms with Crippen LogP contribution in [0.5, 0.6) is 0 Å². The van der Waals surface area contributed by atoms with Crippen molar-refractivity contribution >= 4 is 29.8 Å². The van der Waals surface area contributed by atoms with Gasteiger partial charge in [-0.2, -0.15) is 0 Å². The average Bonchev–Trinajstić information content (AvgIpc) is 3.27. The fraction of sp³-hybridized carbons (Fsp3) is 0.902. The largest absolute Gasteiger partial charge is 0.465 e. The Balaban J connectivity index is 4.95. The molecule has 0 rings (SSSR count). The van der Waals surface area contributed by atoms with Crippen LogP contribution in [-0.4, -0.2) is 99.1 Å². The number of carbonyl (C=O) groups is 5. The van der Waals surface area contributed by atoms with E-state index in [1.165, 1.54) is 64.2 Å². The molecule has 3 atom stereocenters. The van der Waals surface area contributed by atoms with E-state index in [1.54, 1.807) is 11.9 Å². The predicted molar refractivity (Wildman–Crippen MR) is 251 cm³/mol. The minimum atomic E-state index is -0.990. The molecule has 0 aromatic carbocycles. The van der Waals surface area contributed by atoms with Crippen LogP contribution in [-0.2, 0) is 47.7 Å². The highest BCUT2D eigenvalue weighted by molar-refractivity contribution is 5.73. The minimum Gasteiger partial charge on any atom is -0.465 e. The summed E-state index contributed by atoms with van der Waals surface area (Å²) in [5, 5.41) is 9.13. The fourth-order valence-electron chi connectivity index (χ4n) is 7.50. The van der Waals surface area contributed by atoms with Gasteiger partial charge in [0.1, 0.15) is 13.2 Å². The highest BCUT2D eigenvalue weighted by Crippen LogP contribution is 2.22. The highest BCUT2D eigenvalue weighted by atomic mass is 16.6. The van der Waals surface area contributed by atoms with E-state index in [-0.39, 0.29) is 76.1 Å². The number of hydrogen-bond donors (Lipinski definition) is 1. The van der Waals surface area contributed by atoms with Crippen LogP contribution in [0.3, 0.4) is 0 Å². The van der Waals surface area contributed by atoms with Crippen molar-refractivity contribution in [2.45, 2.75) is 233 Å². The number of rotatable bonds is 46. The number of aliphatic hydroxyl groups is 1. The molecule has 12 heteroatoms. The van der Waals surface area contributed by atoms with E-state index < -0.39 is 24.0 Å². The topological polar surface area (TPSA) is 155 Å². The number of ether oxygens (including phenoxy) is 5. The monoisotopic (exact) mass is 898 g/mol. The van der Waals surface area contributed by atoms with E-state index in [4.69, 9.17) is 28.8 Å². The number of aliphatic hydroxyl groups excluding tert-OH is 1. The zero-order valence-corrected chi connectivity index (χ0v) is 41.1. The molecule has 0 aromatic rings. The molecule has 0 saturated carbocycles. The smallest absolute Gasteiger partial charge is 0.308 e. The Labute approximate surface area is 384 Å². The summed E-state index contributed by atoms with van der Waals surface area (Å²) < 4.78 is 27.8. The zero-order valence-electron chi connectivity index (χ0n) is 41.1. The van der Waals surface area contributed by atoms with Crippen LogP contribution in [0.15, 0.2) is 0 Å². The van der Waals surface area contributed by atoms with E-state index in [9.17, 15) is 24.0 Å². The minimum absolute atomic E-state index is 0.0274. The Morgan fingerprint density at radius 3 is 1.21 bits per heavy atom. The normalized spacial score (nSPS) is 12.7. The first-order chi connectivity index (χ1) is 30.6. The third kappa shape index (κ3) is 38.3. The Hall–Kier alpha value is -2.73. The molecule has 1 N–H and O–H groups in total. The second kappa shape index (κ2) is 44.5. The summed E-state index contributed by atoms with van der Waals surface area (Å²) in [5.41, 5.74) is 0. The maximum Gasteiger partial charge on any atom is 0.308 e. The maximum atomic E-state index is 13.0. The SMILES string of the molecule is CCCCCCCCC(CCCCCC)C(=O)OCCCCC(=O)OC[C@H](COC(=O)CCN(C)CCO)OC(=O)CCCCOC(=O)C(CCCCCC)CCCCCCCC. The summed E-state index contributed by atoms with van der Waals surface area (Å²) in [6.07, 6.45) is 27.8. The highest BCUT2D eigenvalue weighted by Gasteiger charge is 2.22. The average molecular weight is 898 g/mol. The molecule has 370 valence electrons. The van der Waals surface area contributed by atoms with Gasteiger partial charge in [-0.1, -0.05) is 156 Å². The van der Waals surface area contributed by atoms with Crippen molar-refractivity contribution in [2.75, 3.05) is 53.2 Å². The Kier molecular flexibility index (Phi) is 42.5. The van der Waals surface area contributed by atoms with Crippen molar-refractivity contribution in [3.63, 3.8) is 0 Å². The van der Waals surface area contributed by atoms with Gasteiger partial charge in [-0.3, -0.25) is 24.0 Å². The third-order valence-corrected chi connectivity index (χ3v) is 11.7. The summed E-state index contributed by atoms with van der Waals surface area (Å²) in [7, 11) is 1.78. The lowest BCUT2D eigenvalue weighted by molar-refractivity contribution is -0.167. The molecule has 0 saturated heterocycles. The molecular formula is C51H95NO11. The van der Waals surface area contributed by atoms with E-state index >= 15 is 0 Å². The van der Waals surface area contributed by atoms with Gasteiger partial charge >= 0.3 is 29.8 Å². The first-order valence-corrected chi connectivity index (χ1v) is 25.7. The molecule has 0 aliphatic carbocycles. The molecule has 0 aromatic heterocycles. The van der Waals surface area contributed by atoms with Crippen molar-refractivity contribution in [3.05, 3.63) is 0 Å². The molecule has 0 bridgehead atoms. The molecule has 0 heterocycles. The fourth-order valence-corrected chi connectivity index (χ4v) is 7.50. The van der Waals surface area contributed by atoms with Crippen molar-refractivity contribution in [3.8, 4) is 0 Å². The van der Waals surface area contributed by atoms with Crippen LogP contribution >= 0.6 is 0 Å². The van der Waals surface area contributed by atoms with E-state index in [2.05, 4.69) is 27.7 Å². The van der Waals surface area contributed by atoms with Gasteiger partial charge < -0.3 is 33.7 Å². The van der Waals surface area contributed by atoms with Crippen LogP contribution in [0, 0.1) is 11.8 Å². The lowest BCUT2D eigenvalue weighted by Crippen LogP contribution is -2.32. The summed E-state index contributed by atoms with van der Waals surface area (Å²) in [6, 6.07) is 0. The standard InChI is InChI=1S/C51H95NO11/c1-6-10-14-18-20-24-32-44(30-22-16-12-8-3)50(57)59-40-28-26-34-47(54)61-42-46(43-62-48(55)36-37-52(5)38-39-53)63-49(56)35-27-29-41-60-51(58)45(31-23-17-13-9-4)33-25-21-19-15-11-7-2/h44-46,53H,6-43H2,1-5H3/t44?,45?,46-/m1/s1. The van der Waals surface area contributed by atoms with Gasteiger partial charge in [-0.15, -0.1) is 0 Å². The van der Waals surface area contributed by atoms with Crippen LogP contribution < -0.4 is 0 Å². The van der Waals surface area contributed by atoms with Gasteiger partial charge in [-0.25, -0.2) is 0 Å². The van der Waals surface area contributed by atoms with Gasteiger partial charge in [0.2, 0.25) is 0 Å². The number of carbonyl (C=O) groups excluding carboxylic acids is 5. The number of nitrogens with zero attached hydrogens (tertiary/aromatic N) is 1. The molecule has 0 amide bonds. The van der Waals surface area contributed by atoms with Crippen LogP contribution in [0.1, 0.15) is 227 Å². The second-order valence-corrected chi connectivity index (χ2v) is 17.7. The van der Waals surface area contributed by atoms with Crippen LogP contribution in [0.4, 0.5) is 0 Å². The molecule has 63 heavy (non-hydrogen) atoms. The van der Waals surface area contributed by atoms with Gasteiger partial charge in [-0.05, 0) is 58.4 Å². The Morgan fingerprint density at radius 1 is 0.429 bits per heavy atom. The first kappa shape index (κ1) is 60.3. The van der Waals surface area contributed by atoms with Crippen molar-refractivity contribution in [1.29, 1.82) is 0 Å². The first-order valence-electron chi connectivity index (χ1n) is 25.7. The van der Waals surface area contributed by atoms with Gasteiger partial charge in [0.25, 0.3) is 0 Å². The Morgan fingerprint density at radius 2 is 0.794 bits per heavy atom. The summed E-state index contributed by atoms with van der Waals surface area (Å²) in [6.45, 7) is 9.49. The molecule has 0 spiro atoms. The summed E-state index contributed by atoms with van der Waals surface area (Å²) in [5.74, 6) is -1.96. The van der Waals surface area contributed by atoms with Crippen LogP contribution in [0.2, 0.25) is 0 Å². The van der Waals surface area contributed by atoms with E-state index in [0.29, 0.717) is 38.8 Å². The van der Waals surface area contributed by atoms with Crippen molar-refractivity contribution in [2.24, 2.45) is 11.8 Å². The van der Waals surface area contributed by atoms with Gasteiger partial charge in [0.05, 0.1) is 38.1 Å². The predicted octanol–water partition coefficient (Wildman–Crippen LogP) is 11.4. The number of likely N-dealkylation sites (N-methyl/N-ethyl adjacent to an activating group) is 1. The molecule has 0 fully saturated rings. The molecular weight excluding hydrogens is 803 g/mol. The Bertz CT molecular complexity index is 1120. The maximum absolute atomic E-state index is 13.0. The molecule has 0 radical (unpaired) electrons. The molecule has 0 aliphatic rings. The quantitative estimate of drug-likeness (QED) is 0.0351. The summed E-state index contributed by atoms with van der Waals surface area (Å²) in [4.78, 5) is 65.8. The lowest BCUT2D eigenvalue weighted by atomic mass is 9.94. The zero-order chi connectivity index (χ0) is 46.6. The second-order valence-electron chi connectivity index (χ2n) is 17.7. The van der Waals surface area contributed by atoms with Crippen molar-refractivity contribution in [1.82, 2.24) is 4.90 Å². The third-order valence-electron chi connectivity index (χ3n) is 11.7. The van der Waals surface area contributed by atoms with Crippen LogP contribution in [0.25, 0.3) is 0 Å². The number of unbranched alkanes of at least 4 members (excludes halogenated alkanes) is 18. The van der Waals surface area contributed by atoms with E-state index in [0.717, 1.165) is 89.9 Å². The molecule has 0 aliphatic heterocycles. The van der Waals surface area contributed by atoms with Gasteiger partial charge in [0.15, 0.2) is 6.10 Å². The molecule has 2 unspecified atom stereocenters. The molecule has 12 nitrogen and oxygen atoms in total. The van der Waals surface area contributed by atoms with Crippen molar-refractivity contribution < 1.29 is 52.8 Å². The lowest BCUT2D eigenvalue weighted by Gasteiger charge is -2.19. The number of esters is 5. The van der Waals surface area contributed by atoms with E-state index in [1.807, 2.05) is 0 Å². The van der Waals surface area contributed by atoms with Gasteiger partial charge in [0, 0.05) is 25.9 Å². The number of hydrogen-bond acceptors (Lipinski definition) is 12. The summed E-state index contributed by atoms with van der Waals surface area (Å²) >= 11 is 0.